The fourth-order valence-corrected chi connectivity index (χ4v) is 5.54. The molecule has 2 fully saturated rings. The number of nitrogen functional groups attached to an aromatic ring is 1. The van der Waals surface area contributed by atoms with E-state index >= 15 is 0 Å². The Morgan fingerprint density at radius 2 is 2.00 bits per heavy atom. The van der Waals surface area contributed by atoms with Crippen molar-refractivity contribution in [2.24, 2.45) is 5.41 Å². The van der Waals surface area contributed by atoms with Crippen molar-refractivity contribution in [3.8, 4) is 11.6 Å². The second kappa shape index (κ2) is 10.6. The number of aryl methyl sites for hydroxylation is 2. The third-order valence-corrected chi connectivity index (χ3v) is 7.80. The van der Waals surface area contributed by atoms with Crippen LogP contribution >= 0.6 is 0 Å². The van der Waals surface area contributed by atoms with E-state index in [0.29, 0.717) is 56.8 Å². The molecule has 0 bridgehead atoms. The molecule has 2 atom stereocenters. The summed E-state index contributed by atoms with van der Waals surface area (Å²) in [5.41, 5.74) is 7.47. The standard InChI is InChI=1S/C27H32F3N7O3/c1-3-17-4-5-18(20(12-17)37-9-6-16(2)35-37)23(27(28,29)30)40-22-13-21(33-25(31)34-22)36-10-7-26(8-11-36)14-19(24(38)39)32-15-26/h4-6,9,12-13,19,23,32H,3,7-8,10-11,14-15H2,1-2H3,(H,38,39)(H2,31,33,34)/t19?,23-/m1/s1. The van der Waals surface area contributed by atoms with E-state index in [2.05, 4.69) is 20.4 Å². The van der Waals surface area contributed by atoms with Crippen molar-refractivity contribution < 1.29 is 27.8 Å². The maximum Gasteiger partial charge on any atom is 0.429 e. The highest BCUT2D eigenvalue weighted by Crippen LogP contribution is 2.42. The average Bonchev–Trinajstić information content (AvgIpc) is 3.53. The van der Waals surface area contributed by atoms with Gasteiger partial charge in [0.1, 0.15) is 11.9 Å². The molecule has 10 nitrogen and oxygen atoms in total. The number of hydrogen-bond acceptors (Lipinski definition) is 8. The van der Waals surface area contributed by atoms with Crippen molar-refractivity contribution in [3.05, 3.63) is 53.3 Å². The molecule has 2 aliphatic rings. The van der Waals surface area contributed by atoms with Gasteiger partial charge in [-0.1, -0.05) is 19.1 Å². The molecular weight excluding hydrogens is 527 g/mol. The number of carboxylic acids is 1. The van der Waals surface area contributed by atoms with E-state index in [1.54, 1.807) is 31.3 Å². The Labute approximate surface area is 229 Å². The average molecular weight is 560 g/mol. The second-order valence-corrected chi connectivity index (χ2v) is 10.6. The van der Waals surface area contributed by atoms with Gasteiger partial charge in [-0.25, -0.2) is 4.68 Å². The molecule has 4 heterocycles. The van der Waals surface area contributed by atoms with E-state index in [-0.39, 0.29) is 28.5 Å². The molecule has 2 saturated heterocycles. The minimum atomic E-state index is -4.77. The summed E-state index contributed by atoms with van der Waals surface area (Å²) in [6, 6.07) is 7.27. The summed E-state index contributed by atoms with van der Waals surface area (Å²) in [5.74, 6) is -0.991. The Kier molecular flexibility index (Phi) is 7.34. The maximum atomic E-state index is 14.5. The van der Waals surface area contributed by atoms with E-state index in [1.165, 1.54) is 16.8 Å². The number of carbonyl (C=O) groups is 1. The van der Waals surface area contributed by atoms with Crippen LogP contribution in [0.4, 0.5) is 24.9 Å². The van der Waals surface area contributed by atoms with Gasteiger partial charge in [0.25, 0.3) is 0 Å². The predicted molar refractivity (Wildman–Crippen MR) is 141 cm³/mol. The van der Waals surface area contributed by atoms with E-state index < -0.39 is 24.3 Å². The van der Waals surface area contributed by atoms with Gasteiger partial charge >= 0.3 is 12.1 Å². The summed E-state index contributed by atoms with van der Waals surface area (Å²) in [6.45, 7) is 5.40. The number of alkyl halides is 3. The number of anilines is 2. The monoisotopic (exact) mass is 559 g/mol. The summed E-state index contributed by atoms with van der Waals surface area (Å²) < 4.78 is 50.5. The highest BCUT2D eigenvalue weighted by atomic mass is 19.4. The number of halogens is 3. The number of nitrogens with one attached hydrogen (secondary N) is 1. The lowest BCUT2D eigenvalue weighted by atomic mass is 9.76. The number of carboxylic acid groups (broad SMARTS) is 1. The molecule has 1 unspecified atom stereocenters. The Balaban J connectivity index is 1.41. The van der Waals surface area contributed by atoms with Gasteiger partial charge in [0, 0.05) is 37.5 Å². The Morgan fingerprint density at radius 3 is 2.60 bits per heavy atom. The van der Waals surface area contributed by atoms with Crippen LogP contribution in [0.25, 0.3) is 5.69 Å². The van der Waals surface area contributed by atoms with Gasteiger partial charge in [0.15, 0.2) is 0 Å². The summed E-state index contributed by atoms with van der Waals surface area (Å²) >= 11 is 0. The molecule has 0 aliphatic carbocycles. The number of nitrogens with zero attached hydrogens (tertiary/aromatic N) is 5. The van der Waals surface area contributed by atoms with Gasteiger partial charge in [-0.2, -0.15) is 28.2 Å². The summed E-state index contributed by atoms with van der Waals surface area (Å²) in [5, 5.41) is 16.7. The fourth-order valence-electron chi connectivity index (χ4n) is 5.54. The largest absolute Gasteiger partial charge is 0.480 e. The molecule has 2 aromatic heterocycles. The van der Waals surface area contributed by atoms with Crippen molar-refractivity contribution in [3.63, 3.8) is 0 Å². The first-order valence-electron chi connectivity index (χ1n) is 13.2. The van der Waals surface area contributed by atoms with E-state index in [9.17, 15) is 23.1 Å². The predicted octanol–water partition coefficient (Wildman–Crippen LogP) is 3.83. The van der Waals surface area contributed by atoms with Crippen LogP contribution in [0, 0.1) is 12.3 Å². The smallest absolute Gasteiger partial charge is 0.429 e. The molecule has 40 heavy (non-hydrogen) atoms. The Hall–Kier alpha value is -3.87. The van der Waals surface area contributed by atoms with E-state index in [0.717, 1.165) is 5.56 Å². The number of hydrogen-bond donors (Lipinski definition) is 3. The Bertz CT molecular complexity index is 1390. The first-order chi connectivity index (χ1) is 19.0. The molecule has 0 radical (unpaired) electrons. The van der Waals surface area contributed by atoms with E-state index in [4.69, 9.17) is 10.5 Å². The minimum absolute atomic E-state index is 0.104. The van der Waals surface area contributed by atoms with E-state index in [1.807, 2.05) is 11.8 Å². The molecule has 4 N–H and O–H groups in total. The van der Waals surface area contributed by atoms with Crippen LogP contribution in [0.2, 0.25) is 0 Å². The molecule has 0 amide bonds. The Morgan fingerprint density at radius 1 is 1.25 bits per heavy atom. The van der Waals surface area contributed by atoms with Crippen LogP contribution < -0.4 is 20.7 Å². The SMILES string of the molecule is CCc1ccc([C@@H](Oc2cc(N3CCC4(CC3)CNC(C(=O)O)C4)nc(N)n2)C(F)(F)F)c(-n2ccc(C)n2)c1. The zero-order valence-corrected chi connectivity index (χ0v) is 22.3. The molecule has 1 aromatic carbocycles. The van der Waals surface area contributed by atoms with Crippen molar-refractivity contribution in [1.29, 1.82) is 0 Å². The van der Waals surface area contributed by atoms with Crippen molar-refractivity contribution in [2.75, 3.05) is 30.3 Å². The lowest BCUT2D eigenvalue weighted by Crippen LogP contribution is -2.41. The van der Waals surface area contributed by atoms with Crippen molar-refractivity contribution >= 4 is 17.7 Å². The van der Waals surface area contributed by atoms with Gasteiger partial charge in [-0.3, -0.25) is 4.79 Å². The summed E-state index contributed by atoms with van der Waals surface area (Å²) in [7, 11) is 0. The molecule has 214 valence electrons. The van der Waals surface area contributed by atoms with Gasteiger partial charge in [-0.15, -0.1) is 0 Å². The quantitative estimate of drug-likeness (QED) is 0.395. The molecule has 3 aromatic rings. The van der Waals surface area contributed by atoms with Crippen LogP contribution in [-0.4, -0.2) is 62.7 Å². The summed E-state index contributed by atoms with van der Waals surface area (Å²) in [6.07, 6.45) is -2.87. The number of ether oxygens (including phenoxy) is 1. The minimum Gasteiger partial charge on any atom is -0.480 e. The highest BCUT2D eigenvalue weighted by Gasteiger charge is 2.46. The normalized spacial score (nSPS) is 19.6. The fraction of sp³-hybridized carbons (Fsp3) is 0.481. The number of nitrogens with two attached hydrogens (primary N) is 1. The zero-order valence-electron chi connectivity index (χ0n) is 22.3. The number of benzene rings is 1. The molecule has 1 spiro atoms. The van der Waals surface area contributed by atoms with Gasteiger partial charge < -0.3 is 25.8 Å². The number of rotatable bonds is 7. The third-order valence-electron chi connectivity index (χ3n) is 7.80. The van der Waals surface area contributed by atoms with Crippen LogP contribution in [0.3, 0.4) is 0 Å². The molecule has 0 saturated carbocycles. The molecule has 13 heteroatoms. The topological polar surface area (TPSA) is 131 Å². The lowest BCUT2D eigenvalue weighted by molar-refractivity contribution is -0.198. The highest BCUT2D eigenvalue weighted by molar-refractivity contribution is 5.74. The second-order valence-electron chi connectivity index (χ2n) is 10.6. The van der Waals surface area contributed by atoms with Crippen LogP contribution in [0.5, 0.6) is 5.88 Å². The molecule has 5 rings (SSSR count). The first kappa shape index (κ1) is 27.7. The first-order valence-corrected chi connectivity index (χ1v) is 13.2. The summed E-state index contributed by atoms with van der Waals surface area (Å²) in [4.78, 5) is 21.5. The van der Waals surface area contributed by atoms with Gasteiger partial charge in [0.2, 0.25) is 17.9 Å². The van der Waals surface area contributed by atoms with Gasteiger partial charge in [0.05, 0.1) is 11.4 Å². The lowest BCUT2D eigenvalue weighted by Gasteiger charge is -2.39. The third kappa shape index (κ3) is 5.69. The van der Waals surface area contributed by atoms with Crippen molar-refractivity contribution in [2.45, 2.75) is 57.9 Å². The van der Waals surface area contributed by atoms with Gasteiger partial charge in [-0.05, 0) is 55.7 Å². The number of aliphatic carboxylic acids is 1. The van der Waals surface area contributed by atoms with Crippen LogP contribution in [-0.2, 0) is 11.2 Å². The molecule has 2 aliphatic heterocycles. The number of piperidine rings is 1. The number of aromatic nitrogens is 4. The molecular formula is C27H32F3N7O3. The van der Waals surface area contributed by atoms with Crippen LogP contribution in [0.1, 0.15) is 49.1 Å². The maximum absolute atomic E-state index is 14.5. The van der Waals surface area contributed by atoms with Crippen molar-refractivity contribution in [1.82, 2.24) is 25.1 Å². The zero-order chi connectivity index (χ0) is 28.7. The van der Waals surface area contributed by atoms with Crippen LogP contribution in [0.15, 0.2) is 36.5 Å².